The fourth-order valence-corrected chi connectivity index (χ4v) is 3.99. The Balaban J connectivity index is 1.60. The number of ether oxygens (including phenoxy) is 1. The van der Waals surface area contributed by atoms with Crippen LogP contribution in [0.5, 0.6) is 5.75 Å². The van der Waals surface area contributed by atoms with Gasteiger partial charge in [-0.05, 0) is 18.2 Å². The number of hydrogen-bond acceptors (Lipinski definition) is 9. The topological polar surface area (TPSA) is 140 Å². The molecule has 0 saturated carbocycles. The predicted octanol–water partition coefficient (Wildman–Crippen LogP) is 2.37. The first-order chi connectivity index (χ1) is 16.6. The highest BCUT2D eigenvalue weighted by atomic mass is 19.3. The number of likely N-dealkylation sites (N-methyl/N-ethyl adjacent to an activating group) is 1. The molecule has 0 radical (unpaired) electrons. The van der Waals surface area contributed by atoms with Crippen LogP contribution in [-0.2, 0) is 10.4 Å². The highest BCUT2D eigenvalue weighted by Crippen LogP contribution is 2.45. The number of nitrogens with zero attached hydrogens (tertiary/aromatic N) is 5. The minimum Gasteiger partial charge on any atom is -0.494 e. The van der Waals surface area contributed by atoms with Crippen LogP contribution in [0.25, 0.3) is 33.5 Å². The number of benzene rings is 1. The number of nitrogen functional groups attached to an aromatic ring is 1. The molecule has 5 rings (SSSR count). The van der Waals surface area contributed by atoms with E-state index in [1.165, 1.54) is 31.6 Å². The van der Waals surface area contributed by atoms with Crippen LogP contribution in [0.15, 0.2) is 41.2 Å². The molecule has 0 unspecified atom stereocenters. The maximum absolute atomic E-state index is 14.8. The SMILES string of the molecule is COc1cc(-c2cc(-c3cc([C@@]4(O)C(=O)N(C)CC4(F)F)on3)ccc2F)nc2c(N)ncnc12. The first kappa shape index (κ1) is 22.5. The van der Waals surface area contributed by atoms with E-state index in [1.54, 1.807) is 0 Å². The largest absolute Gasteiger partial charge is 0.494 e. The molecule has 0 aliphatic carbocycles. The molecule has 13 heteroatoms. The van der Waals surface area contributed by atoms with Crippen molar-refractivity contribution in [3.8, 4) is 28.3 Å². The lowest BCUT2D eigenvalue weighted by atomic mass is 9.94. The molecule has 4 heterocycles. The van der Waals surface area contributed by atoms with Crippen LogP contribution in [0.1, 0.15) is 5.76 Å². The third-order valence-electron chi connectivity index (χ3n) is 5.83. The zero-order valence-electron chi connectivity index (χ0n) is 18.3. The molecule has 1 aliphatic rings. The number of carbonyl (C=O) groups excluding carboxylic acids is 1. The van der Waals surface area contributed by atoms with E-state index < -0.39 is 35.6 Å². The first-order valence-electron chi connectivity index (χ1n) is 10.2. The number of nitrogens with two attached hydrogens (primary N) is 1. The Labute approximate surface area is 195 Å². The van der Waals surface area contributed by atoms with Crippen LogP contribution in [0.3, 0.4) is 0 Å². The predicted molar refractivity (Wildman–Crippen MR) is 116 cm³/mol. The summed E-state index contributed by atoms with van der Waals surface area (Å²) in [5.74, 6) is -6.07. The minimum absolute atomic E-state index is 0.0104. The molecule has 1 aliphatic heterocycles. The van der Waals surface area contributed by atoms with Gasteiger partial charge in [0.1, 0.15) is 34.6 Å². The normalized spacial score (nSPS) is 19.5. The Morgan fingerprint density at radius 2 is 1.94 bits per heavy atom. The number of anilines is 1. The zero-order valence-corrected chi connectivity index (χ0v) is 18.3. The maximum Gasteiger partial charge on any atom is 0.309 e. The standard InChI is InChI=1S/C22H17F3N6O4/c1-31-8-21(24,25)22(33,20(31)32)16-7-13(30-35-16)10-3-4-12(23)11(5-10)14-6-15(34-2)17-18(29-14)19(26)28-9-27-17/h3-7,9,33H,8H2,1-2H3,(H2,26,27,28)/t22-/m1/s1. The van der Waals surface area contributed by atoms with Gasteiger partial charge in [0.05, 0.1) is 19.3 Å². The Hall–Kier alpha value is -4.26. The molecule has 35 heavy (non-hydrogen) atoms. The summed E-state index contributed by atoms with van der Waals surface area (Å²) in [6.45, 7) is -0.985. The molecule has 1 fully saturated rings. The second-order valence-corrected chi connectivity index (χ2v) is 8.01. The molecule has 1 aromatic carbocycles. The molecule has 180 valence electrons. The van der Waals surface area contributed by atoms with Gasteiger partial charge < -0.3 is 25.0 Å². The monoisotopic (exact) mass is 486 g/mol. The molecular formula is C22H17F3N6O4. The number of alkyl halides is 2. The van der Waals surface area contributed by atoms with Gasteiger partial charge in [-0.25, -0.2) is 28.1 Å². The summed E-state index contributed by atoms with van der Waals surface area (Å²) in [7, 11) is 2.54. The summed E-state index contributed by atoms with van der Waals surface area (Å²) < 4.78 is 54.1. The van der Waals surface area contributed by atoms with Crippen molar-refractivity contribution in [2.75, 3.05) is 26.4 Å². The lowest BCUT2D eigenvalue weighted by Gasteiger charge is -2.22. The Morgan fingerprint density at radius 3 is 2.63 bits per heavy atom. The lowest BCUT2D eigenvalue weighted by molar-refractivity contribution is -0.179. The molecule has 0 spiro atoms. The highest BCUT2D eigenvalue weighted by molar-refractivity contribution is 5.91. The van der Waals surface area contributed by atoms with Crippen molar-refractivity contribution >= 4 is 22.8 Å². The number of aliphatic hydroxyl groups is 1. The number of carbonyl (C=O) groups is 1. The molecule has 1 amide bonds. The number of halogens is 3. The fraction of sp³-hybridized carbons (Fsp3) is 0.227. The van der Waals surface area contributed by atoms with E-state index >= 15 is 0 Å². The second-order valence-electron chi connectivity index (χ2n) is 8.01. The van der Waals surface area contributed by atoms with E-state index in [0.29, 0.717) is 10.4 Å². The fourth-order valence-electron chi connectivity index (χ4n) is 3.99. The molecule has 3 aromatic heterocycles. The average Bonchev–Trinajstić information content (AvgIpc) is 3.38. The van der Waals surface area contributed by atoms with Gasteiger partial charge in [-0.3, -0.25) is 4.79 Å². The maximum atomic E-state index is 14.8. The Morgan fingerprint density at radius 1 is 1.17 bits per heavy atom. The molecule has 10 nitrogen and oxygen atoms in total. The molecule has 3 N–H and O–H groups in total. The van der Waals surface area contributed by atoms with Crippen LogP contribution >= 0.6 is 0 Å². The van der Waals surface area contributed by atoms with Gasteiger partial charge in [0, 0.05) is 30.3 Å². The van der Waals surface area contributed by atoms with Gasteiger partial charge in [-0.2, -0.15) is 0 Å². The van der Waals surface area contributed by atoms with Crippen molar-refractivity contribution in [2.45, 2.75) is 11.5 Å². The van der Waals surface area contributed by atoms with E-state index in [9.17, 15) is 23.1 Å². The van der Waals surface area contributed by atoms with Crippen molar-refractivity contribution in [3.63, 3.8) is 0 Å². The number of methoxy groups -OCH3 is 1. The smallest absolute Gasteiger partial charge is 0.309 e. The van der Waals surface area contributed by atoms with Crippen LogP contribution in [0.4, 0.5) is 19.0 Å². The summed E-state index contributed by atoms with van der Waals surface area (Å²) >= 11 is 0. The molecule has 1 saturated heterocycles. The summed E-state index contributed by atoms with van der Waals surface area (Å²) in [5.41, 5.74) is 3.61. The van der Waals surface area contributed by atoms with Gasteiger partial charge in [-0.15, -0.1) is 0 Å². The summed E-state index contributed by atoms with van der Waals surface area (Å²) in [6.07, 6.45) is 1.25. The summed E-state index contributed by atoms with van der Waals surface area (Å²) in [6, 6.07) is 6.29. The zero-order chi connectivity index (χ0) is 25.1. The third-order valence-corrected chi connectivity index (χ3v) is 5.83. The quantitative estimate of drug-likeness (QED) is 0.445. The van der Waals surface area contributed by atoms with Crippen LogP contribution in [0, 0.1) is 5.82 Å². The van der Waals surface area contributed by atoms with Crippen molar-refractivity contribution in [2.24, 2.45) is 0 Å². The number of fused-ring (bicyclic) bond motifs is 1. The van der Waals surface area contributed by atoms with Gasteiger partial charge >= 0.3 is 5.92 Å². The molecule has 1 atom stereocenters. The van der Waals surface area contributed by atoms with Gasteiger partial charge in [0.2, 0.25) is 0 Å². The van der Waals surface area contributed by atoms with E-state index in [2.05, 4.69) is 20.1 Å². The number of likely N-dealkylation sites (tertiary alicyclic amines) is 1. The number of pyridine rings is 1. The van der Waals surface area contributed by atoms with Gasteiger partial charge in [-0.1, -0.05) is 5.16 Å². The van der Waals surface area contributed by atoms with Gasteiger partial charge in [0.25, 0.3) is 11.5 Å². The number of rotatable bonds is 4. The average molecular weight is 486 g/mol. The van der Waals surface area contributed by atoms with Crippen molar-refractivity contribution in [3.05, 3.63) is 48.2 Å². The number of hydrogen-bond donors (Lipinski definition) is 2. The molecule has 4 aromatic rings. The summed E-state index contributed by atoms with van der Waals surface area (Å²) in [4.78, 5) is 25.3. The summed E-state index contributed by atoms with van der Waals surface area (Å²) in [5, 5.41) is 14.3. The molecule has 0 bridgehead atoms. The van der Waals surface area contributed by atoms with E-state index in [1.807, 2.05) is 0 Å². The van der Waals surface area contributed by atoms with Gasteiger partial charge in [0.15, 0.2) is 11.6 Å². The van der Waals surface area contributed by atoms with Crippen LogP contribution in [0.2, 0.25) is 0 Å². The Kier molecular flexibility index (Phi) is 4.91. The molecular weight excluding hydrogens is 469 g/mol. The van der Waals surface area contributed by atoms with E-state index in [0.717, 1.165) is 19.2 Å². The van der Waals surface area contributed by atoms with Crippen LogP contribution in [-0.4, -0.2) is 62.6 Å². The van der Waals surface area contributed by atoms with Crippen molar-refractivity contribution in [1.82, 2.24) is 25.0 Å². The third kappa shape index (κ3) is 3.26. The van der Waals surface area contributed by atoms with E-state index in [-0.39, 0.29) is 39.6 Å². The number of amides is 1. The Bertz CT molecular complexity index is 1490. The van der Waals surface area contributed by atoms with Crippen molar-refractivity contribution < 1.29 is 32.3 Å². The van der Waals surface area contributed by atoms with Crippen molar-refractivity contribution in [1.29, 1.82) is 0 Å². The second kappa shape index (κ2) is 7.63. The van der Waals surface area contributed by atoms with Crippen LogP contribution < -0.4 is 10.5 Å². The lowest BCUT2D eigenvalue weighted by Crippen LogP contribution is -2.46. The highest BCUT2D eigenvalue weighted by Gasteiger charge is 2.68. The first-order valence-corrected chi connectivity index (χ1v) is 10.2. The minimum atomic E-state index is -3.81. The number of aromatic nitrogens is 4. The van der Waals surface area contributed by atoms with E-state index in [4.69, 9.17) is 15.0 Å².